The molecule has 8 heteroatoms. The third-order valence-electron chi connectivity index (χ3n) is 2.32. The average molecular weight is 324 g/mol. The van der Waals surface area contributed by atoms with Crippen LogP contribution < -0.4 is 15.4 Å². The molecule has 1 aromatic carbocycles. The van der Waals surface area contributed by atoms with Crippen molar-refractivity contribution in [2.75, 3.05) is 17.7 Å². The molecule has 1 aromatic heterocycles. The van der Waals surface area contributed by atoms with Gasteiger partial charge in [-0.25, -0.2) is 4.79 Å². The Morgan fingerprint density at radius 3 is 2.76 bits per heavy atom. The van der Waals surface area contributed by atoms with Crippen molar-refractivity contribution in [3.05, 3.63) is 24.3 Å². The maximum absolute atomic E-state index is 11.9. The maximum Gasteiger partial charge on any atom is 0.325 e. The van der Waals surface area contributed by atoms with Crippen molar-refractivity contribution in [2.45, 2.75) is 23.4 Å². The standard InChI is InChI=1S/C13H16N4O2S2/c1-8(2)20-13-17-16-12(21-13)15-11(18)14-9-6-4-5-7-10(9)19-3/h4-8H,1-3H3,(H2,14,15,16,18). The zero-order chi connectivity index (χ0) is 15.2. The second-order valence-electron chi connectivity index (χ2n) is 4.32. The Balaban J connectivity index is 1.97. The number of rotatable bonds is 5. The molecule has 0 spiro atoms. The molecule has 0 aliphatic heterocycles. The number of hydrogen-bond donors (Lipinski definition) is 2. The molecule has 1 heterocycles. The Labute approximate surface area is 131 Å². The number of amides is 2. The Morgan fingerprint density at radius 2 is 2.05 bits per heavy atom. The van der Waals surface area contributed by atoms with Gasteiger partial charge in [-0.15, -0.1) is 10.2 Å². The molecule has 0 aliphatic carbocycles. The first-order chi connectivity index (χ1) is 10.1. The minimum Gasteiger partial charge on any atom is -0.495 e. The molecule has 2 aromatic rings. The lowest BCUT2D eigenvalue weighted by molar-refractivity contribution is 0.262. The van der Waals surface area contributed by atoms with E-state index in [1.807, 2.05) is 12.1 Å². The van der Waals surface area contributed by atoms with Crippen LogP contribution in [0.15, 0.2) is 28.6 Å². The number of thioether (sulfide) groups is 1. The van der Waals surface area contributed by atoms with Gasteiger partial charge in [-0.2, -0.15) is 0 Å². The number of carbonyl (C=O) groups is 1. The van der Waals surface area contributed by atoms with E-state index in [4.69, 9.17) is 4.74 Å². The van der Waals surface area contributed by atoms with E-state index in [2.05, 4.69) is 34.7 Å². The molecule has 112 valence electrons. The summed E-state index contributed by atoms with van der Waals surface area (Å²) in [5.74, 6) is 0.598. The number of aromatic nitrogens is 2. The number of urea groups is 1. The maximum atomic E-state index is 11.9. The highest BCUT2D eigenvalue weighted by molar-refractivity contribution is 8.01. The highest BCUT2D eigenvalue weighted by Gasteiger charge is 2.11. The fraction of sp³-hybridized carbons (Fsp3) is 0.308. The van der Waals surface area contributed by atoms with Gasteiger partial charge in [-0.05, 0) is 12.1 Å². The smallest absolute Gasteiger partial charge is 0.325 e. The Bertz CT molecular complexity index is 616. The van der Waals surface area contributed by atoms with Crippen molar-refractivity contribution in [2.24, 2.45) is 0 Å². The average Bonchev–Trinajstić information content (AvgIpc) is 2.85. The molecule has 0 radical (unpaired) electrons. The molecular formula is C13H16N4O2S2. The molecule has 6 nitrogen and oxygen atoms in total. The predicted molar refractivity (Wildman–Crippen MR) is 86.5 cm³/mol. The summed E-state index contributed by atoms with van der Waals surface area (Å²) in [7, 11) is 1.55. The van der Waals surface area contributed by atoms with Gasteiger partial charge in [0.1, 0.15) is 5.75 Å². The SMILES string of the molecule is COc1ccccc1NC(=O)Nc1nnc(SC(C)C)s1. The first kappa shape index (κ1) is 15.6. The van der Waals surface area contributed by atoms with Crippen molar-refractivity contribution in [1.82, 2.24) is 10.2 Å². The van der Waals surface area contributed by atoms with E-state index in [-0.39, 0.29) is 6.03 Å². The van der Waals surface area contributed by atoms with Gasteiger partial charge in [0.15, 0.2) is 4.34 Å². The molecule has 2 amide bonds. The number of carbonyl (C=O) groups excluding carboxylic acids is 1. The van der Waals surface area contributed by atoms with Crippen molar-refractivity contribution in [3.63, 3.8) is 0 Å². The van der Waals surface area contributed by atoms with Crippen LogP contribution in [-0.4, -0.2) is 28.6 Å². The molecule has 0 fully saturated rings. The fourth-order valence-corrected chi connectivity index (χ4v) is 3.48. The fourth-order valence-electron chi connectivity index (χ4n) is 1.51. The van der Waals surface area contributed by atoms with Gasteiger partial charge < -0.3 is 10.1 Å². The number of nitrogens with one attached hydrogen (secondary N) is 2. The summed E-state index contributed by atoms with van der Waals surface area (Å²) in [6.07, 6.45) is 0. The van der Waals surface area contributed by atoms with E-state index >= 15 is 0 Å². The molecule has 0 bridgehead atoms. The number of benzene rings is 1. The van der Waals surface area contributed by atoms with Gasteiger partial charge in [0.05, 0.1) is 12.8 Å². The third-order valence-corrected chi connectivity index (χ3v) is 4.25. The van der Waals surface area contributed by atoms with Crippen LogP contribution in [0, 0.1) is 0 Å². The molecular weight excluding hydrogens is 308 g/mol. The summed E-state index contributed by atoms with van der Waals surface area (Å²) in [4.78, 5) is 11.9. The highest BCUT2D eigenvalue weighted by Crippen LogP contribution is 2.29. The second-order valence-corrected chi connectivity index (χ2v) is 7.12. The zero-order valence-electron chi connectivity index (χ0n) is 11.9. The lowest BCUT2D eigenvalue weighted by atomic mass is 10.3. The van der Waals surface area contributed by atoms with Gasteiger partial charge in [0.2, 0.25) is 5.13 Å². The van der Waals surface area contributed by atoms with Crippen LogP contribution in [0.4, 0.5) is 15.6 Å². The van der Waals surface area contributed by atoms with Crippen molar-refractivity contribution in [3.8, 4) is 5.75 Å². The van der Waals surface area contributed by atoms with Crippen molar-refractivity contribution < 1.29 is 9.53 Å². The Hall–Kier alpha value is -1.80. The van der Waals surface area contributed by atoms with E-state index in [0.717, 1.165) is 4.34 Å². The van der Waals surface area contributed by atoms with Crippen LogP contribution >= 0.6 is 23.1 Å². The quantitative estimate of drug-likeness (QED) is 0.648. The van der Waals surface area contributed by atoms with E-state index in [1.54, 1.807) is 31.0 Å². The summed E-state index contributed by atoms with van der Waals surface area (Å²) in [6.45, 7) is 4.15. The number of nitrogens with zero attached hydrogens (tertiary/aromatic N) is 2. The molecule has 0 saturated carbocycles. The first-order valence-corrected chi connectivity index (χ1v) is 7.99. The van der Waals surface area contributed by atoms with Gasteiger partial charge >= 0.3 is 6.03 Å². The van der Waals surface area contributed by atoms with Gasteiger partial charge in [-0.1, -0.05) is 49.1 Å². The topological polar surface area (TPSA) is 76.1 Å². The molecule has 21 heavy (non-hydrogen) atoms. The van der Waals surface area contributed by atoms with Crippen LogP contribution in [0.25, 0.3) is 0 Å². The number of methoxy groups -OCH3 is 1. The second kappa shape index (κ2) is 7.28. The lowest BCUT2D eigenvalue weighted by Crippen LogP contribution is -2.19. The van der Waals surface area contributed by atoms with Crippen LogP contribution in [0.1, 0.15) is 13.8 Å². The largest absolute Gasteiger partial charge is 0.495 e. The summed E-state index contributed by atoms with van der Waals surface area (Å²) in [5.41, 5.74) is 0.596. The molecule has 2 N–H and O–H groups in total. The third kappa shape index (κ3) is 4.61. The Kier molecular flexibility index (Phi) is 5.40. The van der Waals surface area contributed by atoms with Crippen LogP contribution in [-0.2, 0) is 0 Å². The van der Waals surface area contributed by atoms with E-state index in [9.17, 15) is 4.79 Å². The summed E-state index contributed by atoms with van der Waals surface area (Å²) < 4.78 is 6.00. The van der Waals surface area contributed by atoms with Crippen LogP contribution in [0.2, 0.25) is 0 Å². The van der Waals surface area contributed by atoms with E-state index in [1.165, 1.54) is 11.3 Å². The van der Waals surface area contributed by atoms with Crippen molar-refractivity contribution >= 4 is 39.9 Å². The molecule has 0 saturated heterocycles. The van der Waals surface area contributed by atoms with Gasteiger partial charge in [-0.3, -0.25) is 5.32 Å². The minimum atomic E-state index is -0.378. The molecule has 0 unspecified atom stereocenters. The number of para-hydroxylation sites is 2. The molecule has 2 rings (SSSR count). The predicted octanol–water partition coefficient (Wildman–Crippen LogP) is 3.69. The van der Waals surface area contributed by atoms with E-state index < -0.39 is 0 Å². The molecule has 0 aliphatic rings. The van der Waals surface area contributed by atoms with Gasteiger partial charge in [0.25, 0.3) is 0 Å². The van der Waals surface area contributed by atoms with Gasteiger partial charge in [0, 0.05) is 5.25 Å². The summed E-state index contributed by atoms with van der Waals surface area (Å²) in [5, 5.41) is 14.2. The number of ether oxygens (including phenoxy) is 1. The summed E-state index contributed by atoms with van der Waals surface area (Å²) >= 11 is 2.96. The van der Waals surface area contributed by atoms with Crippen LogP contribution in [0.3, 0.4) is 0 Å². The lowest BCUT2D eigenvalue weighted by Gasteiger charge is -2.09. The summed E-state index contributed by atoms with van der Waals surface area (Å²) in [6, 6.07) is 6.82. The van der Waals surface area contributed by atoms with Crippen molar-refractivity contribution in [1.29, 1.82) is 0 Å². The monoisotopic (exact) mass is 324 g/mol. The Morgan fingerprint density at radius 1 is 1.29 bits per heavy atom. The first-order valence-electron chi connectivity index (χ1n) is 6.29. The normalized spacial score (nSPS) is 10.5. The number of hydrogen-bond acceptors (Lipinski definition) is 6. The highest BCUT2D eigenvalue weighted by atomic mass is 32.2. The minimum absolute atomic E-state index is 0.378. The van der Waals surface area contributed by atoms with E-state index in [0.29, 0.717) is 21.8 Å². The molecule has 0 atom stereocenters. The number of anilines is 2. The van der Waals surface area contributed by atoms with Crippen LogP contribution in [0.5, 0.6) is 5.75 Å². The zero-order valence-corrected chi connectivity index (χ0v) is 13.5.